The molecule has 0 bridgehead atoms. The van der Waals surface area contributed by atoms with Gasteiger partial charge in [-0.1, -0.05) is 103 Å². The van der Waals surface area contributed by atoms with Gasteiger partial charge >= 0.3 is 5.97 Å². The van der Waals surface area contributed by atoms with Gasteiger partial charge in [0.15, 0.2) is 0 Å². The smallest absolute Gasteiger partial charge is 0.333 e. The van der Waals surface area contributed by atoms with E-state index < -0.39 is 0 Å². The van der Waals surface area contributed by atoms with Crippen LogP contribution in [-0.2, 0) is 9.53 Å². The number of carbonyl (C=O) groups is 1. The zero-order valence-electron chi connectivity index (χ0n) is 17.1. The quantitative estimate of drug-likeness (QED) is 0.136. The van der Waals surface area contributed by atoms with Gasteiger partial charge < -0.3 is 4.74 Å². The first-order chi connectivity index (χ1) is 12.2. The number of hydrogen-bond acceptors (Lipinski definition) is 2. The van der Waals surface area contributed by atoms with Crippen LogP contribution in [0.4, 0.5) is 0 Å². The maximum absolute atomic E-state index is 11.2. The Bertz CT molecular complexity index is 309. The number of rotatable bonds is 19. The average molecular weight is 352 g/mol. The Morgan fingerprint density at radius 3 is 1.68 bits per heavy atom. The molecule has 0 aliphatic rings. The Morgan fingerprint density at radius 1 is 0.760 bits per heavy atom. The zero-order valence-corrected chi connectivity index (χ0v) is 17.1. The lowest BCUT2D eigenvalue weighted by Gasteiger charge is -2.05. The van der Waals surface area contributed by atoms with E-state index in [-0.39, 0.29) is 5.97 Å². The summed E-state index contributed by atoms with van der Waals surface area (Å²) < 4.78 is 5.07. The van der Waals surface area contributed by atoms with Crippen LogP contribution in [0, 0.1) is 6.42 Å². The van der Waals surface area contributed by atoms with Crippen molar-refractivity contribution in [3.8, 4) is 0 Å². The van der Waals surface area contributed by atoms with E-state index in [0.717, 1.165) is 12.8 Å². The van der Waals surface area contributed by atoms with Gasteiger partial charge in [0.05, 0.1) is 6.61 Å². The van der Waals surface area contributed by atoms with Crippen LogP contribution in [0.15, 0.2) is 12.2 Å². The van der Waals surface area contributed by atoms with Gasteiger partial charge in [0, 0.05) is 5.57 Å². The topological polar surface area (TPSA) is 26.3 Å². The molecule has 0 aliphatic heterocycles. The van der Waals surface area contributed by atoms with Crippen LogP contribution in [0.2, 0.25) is 0 Å². The van der Waals surface area contributed by atoms with E-state index in [9.17, 15) is 4.79 Å². The van der Waals surface area contributed by atoms with Crippen molar-refractivity contribution in [3.05, 3.63) is 18.6 Å². The largest absolute Gasteiger partial charge is 0.462 e. The molecule has 0 aliphatic carbocycles. The summed E-state index contributed by atoms with van der Waals surface area (Å²) in [6.45, 7) is 8.05. The van der Waals surface area contributed by atoms with Crippen molar-refractivity contribution >= 4 is 5.97 Å². The van der Waals surface area contributed by atoms with Crippen LogP contribution in [0.25, 0.3) is 0 Å². The maximum atomic E-state index is 11.2. The molecule has 0 fully saturated rings. The monoisotopic (exact) mass is 351 g/mol. The third-order valence-corrected chi connectivity index (χ3v) is 4.65. The van der Waals surface area contributed by atoms with E-state index in [0.29, 0.717) is 12.2 Å². The summed E-state index contributed by atoms with van der Waals surface area (Å²) in [6, 6.07) is 0. The molecule has 2 nitrogen and oxygen atoms in total. The molecule has 25 heavy (non-hydrogen) atoms. The van der Waals surface area contributed by atoms with Gasteiger partial charge in [-0.3, -0.25) is 0 Å². The van der Waals surface area contributed by atoms with E-state index in [2.05, 4.69) is 19.9 Å². The van der Waals surface area contributed by atoms with Crippen LogP contribution in [0.1, 0.15) is 117 Å². The molecule has 0 saturated heterocycles. The second-order valence-corrected chi connectivity index (χ2v) is 7.38. The van der Waals surface area contributed by atoms with E-state index in [1.807, 2.05) is 0 Å². The van der Waals surface area contributed by atoms with Crippen molar-refractivity contribution in [2.24, 2.45) is 0 Å². The lowest BCUT2D eigenvalue weighted by molar-refractivity contribution is -0.139. The first-order valence-corrected chi connectivity index (χ1v) is 10.8. The fraction of sp³-hybridized carbons (Fsp3) is 0.826. The first kappa shape index (κ1) is 24.2. The average Bonchev–Trinajstić information content (AvgIpc) is 2.60. The summed E-state index contributed by atoms with van der Waals surface area (Å²) in [7, 11) is 0. The Morgan fingerprint density at radius 2 is 1.20 bits per heavy atom. The second kappa shape index (κ2) is 19.5. The summed E-state index contributed by atoms with van der Waals surface area (Å²) in [5, 5.41) is 0. The lowest BCUT2D eigenvalue weighted by atomic mass is 10.0. The molecular weight excluding hydrogens is 308 g/mol. The predicted molar refractivity (Wildman–Crippen MR) is 110 cm³/mol. The van der Waals surface area contributed by atoms with Crippen LogP contribution < -0.4 is 0 Å². The number of ether oxygens (including phenoxy) is 1. The SMILES string of the molecule is C=C(C)C(=O)OCCC[CH]CCCCCCCCCCCCCCC. The molecule has 0 atom stereocenters. The fourth-order valence-corrected chi connectivity index (χ4v) is 2.97. The number of esters is 1. The molecule has 2 heteroatoms. The lowest BCUT2D eigenvalue weighted by Crippen LogP contribution is -2.06. The molecule has 0 unspecified atom stereocenters. The maximum Gasteiger partial charge on any atom is 0.333 e. The van der Waals surface area contributed by atoms with Crippen molar-refractivity contribution in [1.82, 2.24) is 0 Å². The molecule has 0 spiro atoms. The molecule has 0 rings (SSSR count). The van der Waals surface area contributed by atoms with Gasteiger partial charge in [-0.15, -0.1) is 0 Å². The number of hydrogen-bond donors (Lipinski definition) is 0. The number of unbranched alkanes of at least 4 members (excludes halogenated alkanes) is 16. The highest BCUT2D eigenvalue weighted by atomic mass is 16.5. The highest BCUT2D eigenvalue weighted by molar-refractivity contribution is 5.86. The third kappa shape index (κ3) is 19.4. The molecule has 1 radical (unpaired) electrons. The summed E-state index contributed by atoms with van der Waals surface area (Å²) >= 11 is 0. The van der Waals surface area contributed by atoms with Crippen molar-refractivity contribution < 1.29 is 9.53 Å². The molecular formula is C23H43O2. The van der Waals surface area contributed by atoms with Crippen molar-refractivity contribution in [2.45, 2.75) is 117 Å². The third-order valence-electron chi connectivity index (χ3n) is 4.65. The van der Waals surface area contributed by atoms with Crippen LogP contribution >= 0.6 is 0 Å². The fourth-order valence-electron chi connectivity index (χ4n) is 2.97. The Labute approximate surface area is 157 Å². The van der Waals surface area contributed by atoms with Gasteiger partial charge in [0.2, 0.25) is 0 Å². The standard InChI is InChI=1S/C23H43O2/c1-4-5-6-7-8-9-10-11-12-13-14-15-16-17-18-19-20-21-25-23(24)22(2)3/h18H,2,4-17,19-21H2,1,3H3. The van der Waals surface area contributed by atoms with Crippen molar-refractivity contribution in [2.75, 3.05) is 6.61 Å². The second-order valence-electron chi connectivity index (χ2n) is 7.38. The van der Waals surface area contributed by atoms with E-state index >= 15 is 0 Å². The summed E-state index contributed by atoms with van der Waals surface area (Å²) in [5.74, 6) is -0.267. The Kier molecular flexibility index (Phi) is 18.9. The Hall–Kier alpha value is -0.790. The predicted octanol–water partition coefficient (Wildman–Crippen LogP) is 7.57. The molecule has 0 aromatic rings. The molecule has 0 N–H and O–H groups in total. The van der Waals surface area contributed by atoms with Gasteiger partial charge in [0.1, 0.15) is 0 Å². The summed E-state index contributed by atoms with van der Waals surface area (Å²) in [6.07, 6.45) is 23.8. The van der Waals surface area contributed by atoms with Gasteiger partial charge in [0.25, 0.3) is 0 Å². The van der Waals surface area contributed by atoms with E-state index in [1.165, 1.54) is 89.9 Å². The highest BCUT2D eigenvalue weighted by Crippen LogP contribution is 2.13. The highest BCUT2D eigenvalue weighted by Gasteiger charge is 2.01. The summed E-state index contributed by atoms with van der Waals surface area (Å²) in [4.78, 5) is 11.2. The molecule has 0 saturated carbocycles. The van der Waals surface area contributed by atoms with E-state index in [4.69, 9.17) is 4.74 Å². The van der Waals surface area contributed by atoms with Gasteiger partial charge in [-0.25, -0.2) is 4.79 Å². The van der Waals surface area contributed by atoms with Crippen molar-refractivity contribution in [3.63, 3.8) is 0 Å². The van der Waals surface area contributed by atoms with Gasteiger partial charge in [-0.2, -0.15) is 0 Å². The van der Waals surface area contributed by atoms with E-state index in [1.54, 1.807) is 6.92 Å². The molecule has 0 aromatic carbocycles. The minimum Gasteiger partial charge on any atom is -0.462 e. The molecule has 0 aromatic heterocycles. The zero-order chi connectivity index (χ0) is 18.6. The molecule has 0 heterocycles. The summed E-state index contributed by atoms with van der Waals surface area (Å²) in [5.41, 5.74) is 0.482. The van der Waals surface area contributed by atoms with Crippen LogP contribution in [0.5, 0.6) is 0 Å². The number of carbonyl (C=O) groups excluding carboxylic acids is 1. The minimum atomic E-state index is -0.267. The first-order valence-electron chi connectivity index (χ1n) is 10.8. The van der Waals surface area contributed by atoms with Crippen LogP contribution in [-0.4, -0.2) is 12.6 Å². The minimum absolute atomic E-state index is 0.267. The van der Waals surface area contributed by atoms with Crippen LogP contribution in [0.3, 0.4) is 0 Å². The molecule has 0 amide bonds. The van der Waals surface area contributed by atoms with Gasteiger partial charge in [-0.05, 0) is 26.2 Å². The molecule has 147 valence electrons. The van der Waals surface area contributed by atoms with Crippen molar-refractivity contribution in [1.29, 1.82) is 0 Å². The normalized spacial score (nSPS) is 10.8. The Balaban J connectivity index is 3.05.